The summed E-state index contributed by atoms with van der Waals surface area (Å²) >= 11 is 0. The van der Waals surface area contributed by atoms with Crippen molar-refractivity contribution in [1.82, 2.24) is 4.98 Å². The van der Waals surface area contributed by atoms with Gasteiger partial charge in [-0.25, -0.2) is 18.2 Å². The van der Waals surface area contributed by atoms with Crippen LogP contribution in [0.1, 0.15) is 37.7 Å². The number of carboxylic acids is 1. The lowest BCUT2D eigenvalue weighted by Crippen LogP contribution is -2.22. The van der Waals surface area contributed by atoms with Crippen molar-refractivity contribution >= 4 is 21.7 Å². The van der Waals surface area contributed by atoms with E-state index in [4.69, 9.17) is 5.11 Å². The van der Waals surface area contributed by atoms with Crippen molar-refractivity contribution in [1.29, 1.82) is 0 Å². The third-order valence-corrected chi connectivity index (χ3v) is 3.67. The Morgan fingerprint density at radius 1 is 1.42 bits per heavy atom. The van der Waals surface area contributed by atoms with Crippen LogP contribution in [0.25, 0.3) is 0 Å². The summed E-state index contributed by atoms with van der Waals surface area (Å²) in [6, 6.07) is 2.86. The molecule has 0 fully saturated rings. The molecule has 0 aromatic carbocycles. The maximum absolute atomic E-state index is 11.9. The number of pyridine rings is 1. The zero-order valence-corrected chi connectivity index (χ0v) is 12.0. The topological polar surface area (TPSA) is 96.4 Å². The predicted octanol–water partition coefficient (Wildman–Crippen LogP) is 1.96. The highest BCUT2D eigenvalue weighted by Gasteiger charge is 2.20. The van der Waals surface area contributed by atoms with Gasteiger partial charge in [0.25, 0.3) is 0 Å². The molecule has 1 rings (SSSR count). The van der Waals surface area contributed by atoms with E-state index in [0.717, 1.165) is 0 Å². The molecule has 0 unspecified atom stereocenters. The molecular formula is C12H18N2O4S. The van der Waals surface area contributed by atoms with E-state index in [-0.39, 0.29) is 22.5 Å². The van der Waals surface area contributed by atoms with E-state index >= 15 is 0 Å². The number of nitrogens with zero attached hydrogens (tertiary/aromatic N) is 1. The summed E-state index contributed by atoms with van der Waals surface area (Å²) in [5.41, 5.74) is -0.426. The number of sulfonamides is 1. The van der Waals surface area contributed by atoms with E-state index in [1.165, 1.54) is 18.3 Å². The third-order valence-electron chi connectivity index (χ3n) is 2.40. The predicted molar refractivity (Wildman–Crippen MR) is 72.7 cm³/mol. The molecule has 106 valence electrons. The molecule has 0 aliphatic carbocycles. The standard InChI is InChI=1S/C12H18N2O4S/c1-12(2,3)6-8-19(17,18)14-9-5-4-7-13-10(9)11(15)16/h4-5,7,14H,6,8H2,1-3H3,(H,15,16). The summed E-state index contributed by atoms with van der Waals surface area (Å²) in [6.07, 6.45) is 1.78. The van der Waals surface area contributed by atoms with Gasteiger partial charge in [-0.2, -0.15) is 0 Å². The summed E-state index contributed by atoms with van der Waals surface area (Å²) in [6.45, 7) is 5.82. The van der Waals surface area contributed by atoms with Crippen molar-refractivity contribution < 1.29 is 18.3 Å². The summed E-state index contributed by atoms with van der Waals surface area (Å²) < 4.78 is 26.0. The van der Waals surface area contributed by atoms with Crippen LogP contribution in [0.3, 0.4) is 0 Å². The highest BCUT2D eigenvalue weighted by atomic mass is 32.2. The van der Waals surface area contributed by atoms with Gasteiger partial charge in [-0.15, -0.1) is 0 Å². The second-order valence-corrected chi connectivity index (χ2v) is 7.28. The number of nitrogens with one attached hydrogen (secondary N) is 1. The molecule has 2 N–H and O–H groups in total. The molecule has 1 aromatic heterocycles. The average molecular weight is 286 g/mol. The van der Waals surface area contributed by atoms with Crippen molar-refractivity contribution in [2.24, 2.45) is 5.41 Å². The monoisotopic (exact) mass is 286 g/mol. The molecule has 0 spiro atoms. The molecule has 0 aliphatic heterocycles. The highest BCUT2D eigenvalue weighted by molar-refractivity contribution is 7.92. The Kier molecular flexibility index (Phi) is 4.52. The van der Waals surface area contributed by atoms with Crippen LogP contribution in [0, 0.1) is 5.41 Å². The van der Waals surface area contributed by atoms with Gasteiger partial charge < -0.3 is 5.11 Å². The van der Waals surface area contributed by atoms with Crippen molar-refractivity contribution in [3.8, 4) is 0 Å². The van der Waals surface area contributed by atoms with E-state index in [2.05, 4.69) is 9.71 Å². The van der Waals surface area contributed by atoms with Crippen LogP contribution in [0.5, 0.6) is 0 Å². The van der Waals surface area contributed by atoms with Crippen molar-refractivity contribution in [3.63, 3.8) is 0 Å². The molecule has 1 aromatic rings. The summed E-state index contributed by atoms with van der Waals surface area (Å²) in [5.74, 6) is -1.33. The van der Waals surface area contributed by atoms with Crippen molar-refractivity contribution in [2.75, 3.05) is 10.5 Å². The van der Waals surface area contributed by atoms with Crippen LogP contribution in [0.15, 0.2) is 18.3 Å². The average Bonchev–Trinajstić information content (AvgIpc) is 2.26. The first-order valence-electron chi connectivity index (χ1n) is 5.79. The minimum absolute atomic E-state index is 0.0103. The molecular weight excluding hydrogens is 268 g/mol. The second-order valence-electron chi connectivity index (χ2n) is 5.44. The van der Waals surface area contributed by atoms with Gasteiger partial charge >= 0.3 is 5.97 Å². The van der Waals surface area contributed by atoms with Crippen LogP contribution in [0.2, 0.25) is 0 Å². The van der Waals surface area contributed by atoms with Gasteiger partial charge in [-0.3, -0.25) is 4.72 Å². The van der Waals surface area contributed by atoms with E-state index in [9.17, 15) is 13.2 Å². The number of carbonyl (C=O) groups is 1. The van der Waals surface area contributed by atoms with E-state index in [1.54, 1.807) is 0 Å². The number of carboxylic acid groups (broad SMARTS) is 1. The van der Waals surface area contributed by atoms with Crippen LogP contribution in [-0.4, -0.2) is 30.2 Å². The SMILES string of the molecule is CC(C)(C)CCS(=O)(=O)Nc1cccnc1C(=O)O. The van der Waals surface area contributed by atoms with Gasteiger partial charge in [0.2, 0.25) is 10.0 Å². The molecule has 0 saturated heterocycles. The lowest BCUT2D eigenvalue weighted by molar-refractivity contribution is 0.0692. The second kappa shape index (κ2) is 5.56. The summed E-state index contributed by atoms with van der Waals surface area (Å²) in [4.78, 5) is 14.6. The Bertz CT molecular complexity index is 561. The first kappa shape index (κ1) is 15.4. The van der Waals surface area contributed by atoms with Gasteiger partial charge in [0.1, 0.15) is 0 Å². The molecule has 1 heterocycles. The summed E-state index contributed by atoms with van der Waals surface area (Å²) in [7, 11) is -3.58. The normalized spacial score (nSPS) is 12.2. The Morgan fingerprint density at radius 2 is 2.05 bits per heavy atom. The minimum atomic E-state index is -3.58. The third kappa shape index (κ3) is 5.25. The minimum Gasteiger partial charge on any atom is -0.476 e. The maximum Gasteiger partial charge on any atom is 0.356 e. The molecule has 7 heteroatoms. The molecule has 0 amide bonds. The first-order chi connectivity index (χ1) is 8.61. The van der Waals surface area contributed by atoms with Crippen molar-refractivity contribution in [3.05, 3.63) is 24.0 Å². The van der Waals surface area contributed by atoms with Gasteiger partial charge in [0.15, 0.2) is 5.69 Å². The van der Waals surface area contributed by atoms with E-state index in [1.807, 2.05) is 20.8 Å². The summed E-state index contributed by atoms with van der Waals surface area (Å²) in [5, 5.41) is 8.92. The fourth-order valence-electron chi connectivity index (χ4n) is 1.32. The van der Waals surface area contributed by atoms with Gasteiger partial charge in [-0.1, -0.05) is 20.8 Å². The van der Waals surface area contributed by atoms with Crippen molar-refractivity contribution in [2.45, 2.75) is 27.2 Å². The highest BCUT2D eigenvalue weighted by Crippen LogP contribution is 2.21. The Hall–Kier alpha value is -1.63. The number of aromatic nitrogens is 1. The molecule has 0 aliphatic rings. The zero-order valence-electron chi connectivity index (χ0n) is 11.2. The lowest BCUT2D eigenvalue weighted by atomic mass is 9.94. The van der Waals surface area contributed by atoms with E-state index < -0.39 is 16.0 Å². The molecule has 6 nitrogen and oxygen atoms in total. The number of hydrogen-bond donors (Lipinski definition) is 2. The van der Waals surface area contributed by atoms with Gasteiger partial charge in [-0.05, 0) is 24.0 Å². The van der Waals surface area contributed by atoms with Gasteiger partial charge in [0.05, 0.1) is 11.4 Å². The van der Waals surface area contributed by atoms with Crippen LogP contribution >= 0.6 is 0 Å². The van der Waals surface area contributed by atoms with Crippen LogP contribution < -0.4 is 4.72 Å². The number of anilines is 1. The smallest absolute Gasteiger partial charge is 0.356 e. The van der Waals surface area contributed by atoms with Crippen LogP contribution in [-0.2, 0) is 10.0 Å². The first-order valence-corrected chi connectivity index (χ1v) is 7.45. The molecule has 0 atom stereocenters. The van der Waals surface area contributed by atoms with Gasteiger partial charge in [0, 0.05) is 6.20 Å². The Labute approximate surface area is 112 Å². The number of aromatic carboxylic acids is 1. The largest absolute Gasteiger partial charge is 0.476 e. The Morgan fingerprint density at radius 3 is 2.58 bits per heavy atom. The molecule has 0 bridgehead atoms. The molecule has 0 radical (unpaired) electrons. The molecule has 19 heavy (non-hydrogen) atoms. The molecule has 0 saturated carbocycles. The number of rotatable bonds is 5. The Balaban J connectivity index is 2.87. The fourth-order valence-corrected chi connectivity index (χ4v) is 2.80. The number of hydrogen-bond acceptors (Lipinski definition) is 4. The lowest BCUT2D eigenvalue weighted by Gasteiger charge is -2.18. The van der Waals surface area contributed by atoms with E-state index in [0.29, 0.717) is 6.42 Å². The zero-order chi connectivity index (χ0) is 14.7. The quantitative estimate of drug-likeness (QED) is 0.862. The van der Waals surface area contributed by atoms with Crippen LogP contribution in [0.4, 0.5) is 5.69 Å². The fraction of sp³-hybridized carbons (Fsp3) is 0.500. The maximum atomic E-state index is 11.9.